The van der Waals surface area contributed by atoms with E-state index in [2.05, 4.69) is 42.5 Å². The summed E-state index contributed by atoms with van der Waals surface area (Å²) >= 11 is 0. The van der Waals surface area contributed by atoms with Crippen molar-refractivity contribution in [2.75, 3.05) is 6.61 Å². The number of benzene rings is 2. The molecule has 2 aromatic carbocycles. The highest BCUT2D eigenvalue weighted by atomic mass is 16.2. The number of fused-ring (bicyclic) bond motifs is 3. The van der Waals surface area contributed by atoms with Crippen molar-refractivity contribution in [3.63, 3.8) is 0 Å². The second kappa shape index (κ2) is 4.19. The van der Waals surface area contributed by atoms with Crippen molar-refractivity contribution in [2.45, 2.75) is 6.42 Å². The Morgan fingerprint density at radius 1 is 1.00 bits per heavy atom. The summed E-state index contributed by atoms with van der Waals surface area (Å²) in [6, 6.07) is 15.1. The Hall–Kier alpha value is -1.86. The smallest absolute Gasteiger partial charge is 0.0615 e. The second-order valence-electron chi connectivity index (χ2n) is 4.34. The van der Waals surface area contributed by atoms with Crippen molar-refractivity contribution >= 4 is 6.08 Å². The molecule has 1 N–H and O–H groups in total. The van der Waals surface area contributed by atoms with Crippen molar-refractivity contribution in [3.05, 3.63) is 65.2 Å². The zero-order valence-electron chi connectivity index (χ0n) is 9.56. The van der Waals surface area contributed by atoms with Gasteiger partial charge in [0.1, 0.15) is 0 Å². The second-order valence-corrected chi connectivity index (χ2v) is 4.34. The summed E-state index contributed by atoms with van der Waals surface area (Å²) in [6.45, 7) is 0.0946. The van der Waals surface area contributed by atoms with Crippen LogP contribution in [-0.4, -0.2) is 11.7 Å². The fourth-order valence-corrected chi connectivity index (χ4v) is 2.46. The number of hydrogen-bond acceptors (Lipinski definition) is 1. The Morgan fingerprint density at radius 2 is 1.82 bits per heavy atom. The molecule has 0 saturated heterocycles. The molecule has 0 aromatic heterocycles. The van der Waals surface area contributed by atoms with Gasteiger partial charge in [-0.1, -0.05) is 54.6 Å². The van der Waals surface area contributed by atoms with Gasteiger partial charge in [0.2, 0.25) is 0 Å². The van der Waals surface area contributed by atoms with Crippen LogP contribution < -0.4 is 0 Å². The van der Waals surface area contributed by atoms with Crippen LogP contribution in [0.3, 0.4) is 0 Å². The van der Waals surface area contributed by atoms with E-state index in [4.69, 9.17) is 5.11 Å². The number of hydrogen-bond donors (Lipinski definition) is 1. The molecule has 84 valence electrons. The van der Waals surface area contributed by atoms with Gasteiger partial charge in [-0.25, -0.2) is 0 Å². The maximum absolute atomic E-state index is 8.78. The lowest BCUT2D eigenvalue weighted by Gasteiger charge is -2.01. The summed E-state index contributed by atoms with van der Waals surface area (Å²) in [5.74, 6) is 0. The van der Waals surface area contributed by atoms with Crippen LogP contribution in [0, 0.1) is 0 Å². The van der Waals surface area contributed by atoms with Crippen LogP contribution in [0.25, 0.3) is 17.2 Å². The molecule has 2 aromatic rings. The summed E-state index contributed by atoms with van der Waals surface area (Å²) in [5.41, 5.74) is 6.66. The number of aliphatic hydroxyl groups is 1. The van der Waals surface area contributed by atoms with E-state index in [1.807, 2.05) is 6.08 Å². The summed E-state index contributed by atoms with van der Waals surface area (Å²) < 4.78 is 0. The van der Waals surface area contributed by atoms with Gasteiger partial charge in [-0.05, 0) is 34.2 Å². The standard InChI is InChI=1S/C16H14O/c17-9-3-4-12-7-8-16-14(10-12)11-13-5-1-2-6-15(13)16/h1-8,10,17H,9,11H2/b4-3+. The van der Waals surface area contributed by atoms with Gasteiger partial charge < -0.3 is 5.11 Å². The van der Waals surface area contributed by atoms with E-state index in [0.29, 0.717) is 0 Å². The Bertz CT molecular complexity index is 582. The predicted octanol–water partition coefficient (Wildman–Crippen LogP) is 3.26. The maximum Gasteiger partial charge on any atom is 0.0615 e. The number of rotatable bonds is 2. The molecule has 0 unspecified atom stereocenters. The summed E-state index contributed by atoms with van der Waals surface area (Å²) in [6.07, 6.45) is 4.75. The Labute approximate surface area is 101 Å². The van der Waals surface area contributed by atoms with Crippen molar-refractivity contribution in [1.82, 2.24) is 0 Å². The van der Waals surface area contributed by atoms with Crippen LogP contribution in [-0.2, 0) is 6.42 Å². The monoisotopic (exact) mass is 222 g/mol. The van der Waals surface area contributed by atoms with Crippen LogP contribution in [0.5, 0.6) is 0 Å². The molecule has 1 aliphatic carbocycles. The lowest BCUT2D eigenvalue weighted by Crippen LogP contribution is -1.82. The summed E-state index contributed by atoms with van der Waals surface area (Å²) in [7, 11) is 0. The molecule has 17 heavy (non-hydrogen) atoms. The lowest BCUT2D eigenvalue weighted by atomic mass is 10.0. The van der Waals surface area contributed by atoms with Crippen LogP contribution in [0.2, 0.25) is 0 Å². The van der Waals surface area contributed by atoms with Gasteiger partial charge in [0.05, 0.1) is 6.61 Å². The first-order valence-corrected chi connectivity index (χ1v) is 5.87. The minimum atomic E-state index is 0.0946. The van der Waals surface area contributed by atoms with Crippen molar-refractivity contribution < 1.29 is 5.11 Å². The van der Waals surface area contributed by atoms with E-state index in [9.17, 15) is 0 Å². The summed E-state index contributed by atoms with van der Waals surface area (Å²) in [4.78, 5) is 0. The van der Waals surface area contributed by atoms with Crippen molar-refractivity contribution in [1.29, 1.82) is 0 Å². The van der Waals surface area contributed by atoms with Gasteiger partial charge >= 0.3 is 0 Å². The molecule has 0 radical (unpaired) electrons. The third-order valence-electron chi connectivity index (χ3n) is 3.23. The van der Waals surface area contributed by atoms with E-state index in [0.717, 1.165) is 12.0 Å². The maximum atomic E-state index is 8.78. The first-order chi connectivity index (χ1) is 8.38. The Kier molecular flexibility index (Phi) is 2.54. The highest BCUT2D eigenvalue weighted by Crippen LogP contribution is 2.36. The third-order valence-corrected chi connectivity index (χ3v) is 3.23. The fourth-order valence-electron chi connectivity index (χ4n) is 2.46. The lowest BCUT2D eigenvalue weighted by molar-refractivity contribution is 0.343. The Balaban J connectivity index is 2.04. The average molecular weight is 222 g/mol. The van der Waals surface area contributed by atoms with E-state index < -0.39 is 0 Å². The van der Waals surface area contributed by atoms with Crippen LogP contribution in [0.1, 0.15) is 16.7 Å². The fraction of sp³-hybridized carbons (Fsp3) is 0.125. The van der Waals surface area contributed by atoms with Gasteiger partial charge in [-0.3, -0.25) is 0 Å². The van der Waals surface area contributed by atoms with Crippen LogP contribution in [0.15, 0.2) is 48.5 Å². The molecule has 1 nitrogen and oxygen atoms in total. The molecule has 0 atom stereocenters. The predicted molar refractivity (Wildman–Crippen MR) is 70.8 cm³/mol. The zero-order chi connectivity index (χ0) is 11.7. The van der Waals surface area contributed by atoms with E-state index >= 15 is 0 Å². The summed E-state index contributed by atoms with van der Waals surface area (Å²) in [5, 5.41) is 8.78. The third kappa shape index (κ3) is 1.79. The van der Waals surface area contributed by atoms with Gasteiger partial charge in [-0.2, -0.15) is 0 Å². The molecule has 1 aliphatic rings. The minimum Gasteiger partial charge on any atom is -0.392 e. The molecule has 0 heterocycles. The molecule has 0 spiro atoms. The molecule has 0 fully saturated rings. The van der Waals surface area contributed by atoms with E-state index in [-0.39, 0.29) is 6.61 Å². The average Bonchev–Trinajstić information content (AvgIpc) is 2.74. The SMILES string of the molecule is OC/C=C/c1ccc2c(c1)Cc1ccccc1-2. The van der Waals surface area contributed by atoms with Gasteiger partial charge in [-0.15, -0.1) is 0 Å². The minimum absolute atomic E-state index is 0.0946. The van der Waals surface area contributed by atoms with E-state index in [1.165, 1.54) is 22.3 Å². The van der Waals surface area contributed by atoms with Gasteiger partial charge in [0.25, 0.3) is 0 Å². The normalized spacial score (nSPS) is 12.8. The van der Waals surface area contributed by atoms with Crippen molar-refractivity contribution in [2.24, 2.45) is 0 Å². The van der Waals surface area contributed by atoms with Crippen molar-refractivity contribution in [3.8, 4) is 11.1 Å². The van der Waals surface area contributed by atoms with Crippen LogP contribution in [0.4, 0.5) is 0 Å². The van der Waals surface area contributed by atoms with Gasteiger partial charge in [0, 0.05) is 0 Å². The largest absolute Gasteiger partial charge is 0.392 e. The van der Waals surface area contributed by atoms with Crippen LogP contribution >= 0.6 is 0 Å². The molecule has 1 heteroatoms. The first kappa shape index (κ1) is 10.3. The zero-order valence-corrected chi connectivity index (χ0v) is 9.56. The molecular formula is C16H14O. The molecule has 0 amide bonds. The molecule has 0 bridgehead atoms. The Morgan fingerprint density at radius 3 is 2.71 bits per heavy atom. The highest BCUT2D eigenvalue weighted by Gasteiger charge is 2.17. The molecule has 0 saturated carbocycles. The quantitative estimate of drug-likeness (QED) is 0.705. The topological polar surface area (TPSA) is 20.2 Å². The van der Waals surface area contributed by atoms with E-state index in [1.54, 1.807) is 6.08 Å². The molecular weight excluding hydrogens is 208 g/mol. The molecule has 0 aliphatic heterocycles. The first-order valence-electron chi connectivity index (χ1n) is 5.87. The number of aliphatic hydroxyl groups excluding tert-OH is 1. The molecule has 3 rings (SSSR count). The highest BCUT2D eigenvalue weighted by molar-refractivity contribution is 5.78. The van der Waals surface area contributed by atoms with Gasteiger partial charge in [0.15, 0.2) is 0 Å².